The quantitative estimate of drug-likeness (QED) is 0.0567. The molecule has 3 atom stereocenters. The predicted molar refractivity (Wildman–Crippen MR) is 162 cm³/mol. The number of hydrogen-bond acceptors (Lipinski definition) is 4. The van der Waals surface area contributed by atoms with Gasteiger partial charge in [-0.15, -0.1) is 0 Å². The van der Waals surface area contributed by atoms with Crippen molar-refractivity contribution >= 4 is 5.91 Å². The molecule has 218 valence electrons. The predicted octanol–water partition coefficient (Wildman–Crippen LogP) is 7.25. The summed E-state index contributed by atoms with van der Waals surface area (Å²) in [5.74, 6) is -0.538. The van der Waals surface area contributed by atoms with Crippen molar-refractivity contribution in [2.75, 3.05) is 6.61 Å². The highest BCUT2D eigenvalue weighted by Gasteiger charge is 2.22. The van der Waals surface area contributed by atoms with Gasteiger partial charge in [0, 0.05) is 0 Å². The lowest BCUT2D eigenvalue weighted by molar-refractivity contribution is -0.131. The molecular weight excluding hydrogens is 474 g/mol. The highest BCUT2D eigenvalue weighted by atomic mass is 16.3. The van der Waals surface area contributed by atoms with Gasteiger partial charge >= 0.3 is 0 Å². The van der Waals surface area contributed by atoms with Crippen molar-refractivity contribution in [3.05, 3.63) is 60.8 Å². The van der Waals surface area contributed by atoms with E-state index in [4.69, 9.17) is 0 Å². The van der Waals surface area contributed by atoms with Gasteiger partial charge < -0.3 is 20.6 Å². The largest absolute Gasteiger partial charge is 0.394 e. The highest BCUT2D eigenvalue weighted by molar-refractivity contribution is 5.80. The number of rotatable bonds is 25. The van der Waals surface area contributed by atoms with E-state index in [0.29, 0.717) is 6.42 Å². The molecule has 3 unspecified atom stereocenters. The molecule has 0 heterocycles. The molecule has 0 saturated carbocycles. The third kappa shape index (κ3) is 23.2. The first kappa shape index (κ1) is 36.0. The smallest absolute Gasteiger partial charge is 0.249 e. The summed E-state index contributed by atoms with van der Waals surface area (Å²) in [6, 6.07) is -0.825. The van der Waals surface area contributed by atoms with Crippen LogP contribution in [0.15, 0.2) is 60.8 Å². The van der Waals surface area contributed by atoms with Crippen LogP contribution < -0.4 is 5.32 Å². The van der Waals surface area contributed by atoms with Crippen molar-refractivity contribution in [1.29, 1.82) is 0 Å². The maximum Gasteiger partial charge on any atom is 0.249 e. The number of nitrogens with one attached hydrogen (secondary N) is 1. The van der Waals surface area contributed by atoms with Gasteiger partial charge in [0.1, 0.15) is 6.10 Å². The van der Waals surface area contributed by atoms with Crippen molar-refractivity contribution in [2.24, 2.45) is 0 Å². The Morgan fingerprint density at radius 2 is 1.24 bits per heavy atom. The molecule has 0 fully saturated rings. The fourth-order valence-electron chi connectivity index (χ4n) is 3.92. The van der Waals surface area contributed by atoms with Gasteiger partial charge in [0.2, 0.25) is 5.91 Å². The molecule has 0 radical (unpaired) electrons. The molecule has 0 aliphatic rings. The van der Waals surface area contributed by atoms with Crippen molar-refractivity contribution in [3.63, 3.8) is 0 Å². The average molecular weight is 532 g/mol. The molecule has 5 heteroatoms. The van der Waals surface area contributed by atoms with E-state index in [1.807, 2.05) is 6.08 Å². The molecule has 0 spiro atoms. The van der Waals surface area contributed by atoms with Crippen LogP contribution in [0.1, 0.15) is 117 Å². The van der Waals surface area contributed by atoms with Crippen LogP contribution >= 0.6 is 0 Å². The third-order valence-electron chi connectivity index (χ3n) is 6.35. The molecule has 0 bridgehead atoms. The lowest BCUT2D eigenvalue weighted by Crippen LogP contribution is -2.48. The van der Waals surface area contributed by atoms with E-state index in [1.54, 1.807) is 6.08 Å². The Kier molecular flexibility index (Phi) is 26.6. The minimum atomic E-state index is -1.12. The standard InChI is InChI=1S/C33H57NO4/c1-3-5-7-9-11-13-15-16-17-18-20-22-24-26-28-32(37)33(38)34-30(29-35)31(36)27-25-23-21-19-14-12-10-8-6-4-2/h6,8,11,13-16,19,25,27,30-32,35-37H,3-5,7,9-10,12,17-18,20-24,26,28-29H2,1-2H3,(H,34,38)/b8-6+,13-11-,16-15-,19-14+,27-25+. The molecule has 5 nitrogen and oxygen atoms in total. The first-order valence-corrected chi connectivity index (χ1v) is 15.1. The summed E-state index contributed by atoms with van der Waals surface area (Å²) in [6.07, 6.45) is 35.2. The molecule has 0 aromatic heterocycles. The Bertz CT molecular complexity index is 680. The normalized spacial score (nSPS) is 15.0. The van der Waals surface area contributed by atoms with Gasteiger partial charge in [-0.05, 0) is 64.2 Å². The number of amides is 1. The second kappa shape index (κ2) is 28.1. The molecule has 0 rings (SSSR count). The van der Waals surface area contributed by atoms with Crippen molar-refractivity contribution in [2.45, 2.75) is 135 Å². The van der Waals surface area contributed by atoms with Gasteiger partial charge in [0.05, 0.1) is 18.8 Å². The van der Waals surface area contributed by atoms with Crippen LogP contribution in [0.25, 0.3) is 0 Å². The fourth-order valence-corrected chi connectivity index (χ4v) is 3.92. The SMILES string of the molecule is CC/C=C/CC/C=C/CC/C=C/C(O)C(CO)NC(=O)C(O)CCCCCCC/C=C\C=C/CCCCC. The third-order valence-corrected chi connectivity index (χ3v) is 6.35. The van der Waals surface area contributed by atoms with E-state index in [0.717, 1.165) is 77.0 Å². The number of aliphatic hydroxyl groups is 3. The number of aliphatic hydroxyl groups excluding tert-OH is 3. The Labute approximate surface area is 233 Å². The van der Waals surface area contributed by atoms with Gasteiger partial charge in [-0.2, -0.15) is 0 Å². The van der Waals surface area contributed by atoms with Gasteiger partial charge in [0.15, 0.2) is 0 Å². The number of carbonyl (C=O) groups is 1. The van der Waals surface area contributed by atoms with Crippen LogP contribution in [0, 0.1) is 0 Å². The Hall–Kier alpha value is -1.95. The van der Waals surface area contributed by atoms with Crippen LogP contribution in [-0.2, 0) is 4.79 Å². The summed E-state index contributed by atoms with van der Waals surface area (Å²) in [4.78, 5) is 12.3. The minimum Gasteiger partial charge on any atom is -0.394 e. The van der Waals surface area contributed by atoms with Crippen LogP contribution in [0.3, 0.4) is 0 Å². The number of allylic oxidation sites excluding steroid dienone is 9. The summed E-state index contributed by atoms with van der Waals surface area (Å²) >= 11 is 0. The summed E-state index contributed by atoms with van der Waals surface area (Å²) in [7, 11) is 0. The van der Waals surface area contributed by atoms with Crippen LogP contribution in [-0.4, -0.2) is 46.1 Å². The van der Waals surface area contributed by atoms with Crippen molar-refractivity contribution in [1.82, 2.24) is 5.32 Å². The summed E-state index contributed by atoms with van der Waals surface area (Å²) in [6.45, 7) is 3.96. The molecule has 0 aliphatic carbocycles. The fraction of sp³-hybridized carbons (Fsp3) is 0.667. The zero-order valence-corrected chi connectivity index (χ0v) is 24.3. The molecule has 0 saturated heterocycles. The summed E-state index contributed by atoms with van der Waals surface area (Å²) in [5, 5.41) is 32.6. The molecule has 38 heavy (non-hydrogen) atoms. The monoisotopic (exact) mass is 531 g/mol. The number of hydrogen-bond donors (Lipinski definition) is 4. The Morgan fingerprint density at radius 1 is 0.684 bits per heavy atom. The van der Waals surface area contributed by atoms with Crippen LogP contribution in [0.2, 0.25) is 0 Å². The molecule has 0 aromatic rings. The Morgan fingerprint density at radius 3 is 1.84 bits per heavy atom. The van der Waals surface area contributed by atoms with Gasteiger partial charge in [-0.1, -0.05) is 113 Å². The van der Waals surface area contributed by atoms with Crippen molar-refractivity contribution < 1.29 is 20.1 Å². The molecule has 0 aromatic carbocycles. The van der Waals surface area contributed by atoms with E-state index in [-0.39, 0.29) is 0 Å². The van der Waals surface area contributed by atoms with Gasteiger partial charge in [0.25, 0.3) is 0 Å². The molecular formula is C33H57NO4. The molecule has 4 N–H and O–H groups in total. The summed E-state index contributed by atoms with van der Waals surface area (Å²) < 4.78 is 0. The van der Waals surface area contributed by atoms with E-state index in [9.17, 15) is 20.1 Å². The van der Waals surface area contributed by atoms with E-state index < -0.39 is 30.8 Å². The number of carbonyl (C=O) groups excluding carboxylic acids is 1. The van der Waals surface area contributed by atoms with Gasteiger partial charge in [-0.3, -0.25) is 4.79 Å². The number of unbranched alkanes of at least 4 members (excludes halogenated alkanes) is 10. The molecule has 1 amide bonds. The molecule has 0 aliphatic heterocycles. The maximum atomic E-state index is 12.3. The topological polar surface area (TPSA) is 89.8 Å². The van der Waals surface area contributed by atoms with Gasteiger partial charge in [-0.25, -0.2) is 0 Å². The van der Waals surface area contributed by atoms with Crippen molar-refractivity contribution in [3.8, 4) is 0 Å². The average Bonchev–Trinajstić information content (AvgIpc) is 2.92. The summed E-state index contributed by atoms with van der Waals surface area (Å²) in [5.41, 5.74) is 0. The zero-order valence-electron chi connectivity index (χ0n) is 24.3. The zero-order chi connectivity index (χ0) is 28.1. The lowest BCUT2D eigenvalue weighted by Gasteiger charge is -2.21. The Balaban J connectivity index is 3.94. The van der Waals surface area contributed by atoms with E-state index in [2.05, 4.69) is 67.8 Å². The first-order valence-electron chi connectivity index (χ1n) is 15.1. The van der Waals surface area contributed by atoms with Crippen LogP contribution in [0.4, 0.5) is 0 Å². The second-order valence-electron chi connectivity index (χ2n) is 9.94. The van der Waals surface area contributed by atoms with E-state index in [1.165, 1.54) is 19.3 Å². The minimum absolute atomic E-state index is 0.388. The van der Waals surface area contributed by atoms with Crippen LogP contribution in [0.5, 0.6) is 0 Å². The maximum absolute atomic E-state index is 12.3. The second-order valence-corrected chi connectivity index (χ2v) is 9.94. The lowest BCUT2D eigenvalue weighted by atomic mass is 10.1. The highest BCUT2D eigenvalue weighted by Crippen LogP contribution is 2.10. The first-order chi connectivity index (χ1) is 18.6. The van der Waals surface area contributed by atoms with E-state index >= 15 is 0 Å².